The molecule has 1 aliphatic heterocycles. The molecule has 17 heavy (non-hydrogen) atoms. The second kappa shape index (κ2) is 4.77. The van der Waals surface area contributed by atoms with Gasteiger partial charge in [0.25, 0.3) is 0 Å². The number of carbonyl (C=O) groups excluding carboxylic acids is 1. The maximum Gasteiger partial charge on any atom is 0.308 e. The molecule has 2 heterocycles. The fourth-order valence-corrected chi connectivity index (χ4v) is 2.91. The number of anilines is 1. The van der Waals surface area contributed by atoms with Gasteiger partial charge in [0.2, 0.25) is 5.91 Å². The number of halogens is 2. The Morgan fingerprint density at radius 2 is 2.29 bits per heavy atom. The van der Waals surface area contributed by atoms with Gasteiger partial charge in [0, 0.05) is 25.4 Å². The van der Waals surface area contributed by atoms with Crippen molar-refractivity contribution < 1.29 is 14.7 Å². The molecular formula is C10H8ClIN2O3. The Bertz CT molecular complexity index is 474. The van der Waals surface area contributed by atoms with E-state index in [4.69, 9.17) is 16.7 Å². The highest BCUT2D eigenvalue weighted by Gasteiger charge is 2.36. The van der Waals surface area contributed by atoms with E-state index in [-0.39, 0.29) is 18.9 Å². The van der Waals surface area contributed by atoms with Crippen LogP contribution in [-0.4, -0.2) is 28.5 Å². The second-order valence-corrected chi connectivity index (χ2v) is 5.26. The Labute approximate surface area is 116 Å². The second-order valence-electron chi connectivity index (χ2n) is 3.70. The summed E-state index contributed by atoms with van der Waals surface area (Å²) in [6.45, 7) is 0.161. The van der Waals surface area contributed by atoms with Gasteiger partial charge in [0.15, 0.2) is 0 Å². The molecule has 90 valence electrons. The molecule has 0 saturated carbocycles. The standard InChI is InChI=1S/C10H8ClIN2O3/c11-6-2-13-3-7(12)9(6)14-4-5(10(16)17)1-8(14)15/h2-3,5H,1,4H2,(H,16,17). The number of pyridine rings is 1. The molecule has 0 aromatic carbocycles. The van der Waals surface area contributed by atoms with Crippen LogP contribution < -0.4 is 4.90 Å². The van der Waals surface area contributed by atoms with Crippen LogP contribution in [-0.2, 0) is 9.59 Å². The number of aliphatic carboxylic acids is 1. The Morgan fingerprint density at radius 3 is 2.82 bits per heavy atom. The van der Waals surface area contributed by atoms with Crippen molar-refractivity contribution in [2.45, 2.75) is 6.42 Å². The molecule has 1 N–H and O–H groups in total. The highest BCUT2D eigenvalue weighted by molar-refractivity contribution is 14.1. The zero-order chi connectivity index (χ0) is 12.6. The molecule has 0 aliphatic carbocycles. The summed E-state index contributed by atoms with van der Waals surface area (Å²) in [7, 11) is 0. The minimum atomic E-state index is -0.957. The number of amides is 1. The molecule has 1 aliphatic rings. The van der Waals surface area contributed by atoms with E-state index >= 15 is 0 Å². The number of aromatic nitrogens is 1. The van der Waals surface area contributed by atoms with Crippen molar-refractivity contribution >= 4 is 51.8 Å². The maximum atomic E-state index is 11.8. The van der Waals surface area contributed by atoms with Crippen molar-refractivity contribution in [3.63, 3.8) is 0 Å². The highest BCUT2D eigenvalue weighted by atomic mass is 127. The van der Waals surface area contributed by atoms with Crippen molar-refractivity contribution in [3.05, 3.63) is 21.0 Å². The van der Waals surface area contributed by atoms with Crippen molar-refractivity contribution in [2.75, 3.05) is 11.4 Å². The number of hydrogen-bond acceptors (Lipinski definition) is 3. The number of nitrogens with zero attached hydrogens (tertiary/aromatic N) is 2. The molecule has 1 atom stereocenters. The Kier molecular flexibility index (Phi) is 3.53. The SMILES string of the molecule is O=C(O)C1CC(=O)N(c2c(Cl)cncc2I)C1. The lowest BCUT2D eigenvalue weighted by Gasteiger charge is -2.18. The van der Waals surface area contributed by atoms with E-state index < -0.39 is 11.9 Å². The van der Waals surface area contributed by atoms with Gasteiger partial charge in [-0.15, -0.1) is 0 Å². The van der Waals surface area contributed by atoms with Crippen molar-refractivity contribution in [3.8, 4) is 0 Å². The van der Waals surface area contributed by atoms with E-state index in [0.717, 1.165) is 3.57 Å². The van der Waals surface area contributed by atoms with Gasteiger partial charge in [-0.3, -0.25) is 14.6 Å². The lowest BCUT2D eigenvalue weighted by molar-refractivity contribution is -0.141. The van der Waals surface area contributed by atoms with Crippen LogP contribution >= 0.6 is 34.2 Å². The molecule has 1 fully saturated rings. The number of carboxylic acids is 1. The fraction of sp³-hybridized carbons (Fsp3) is 0.300. The Balaban J connectivity index is 2.35. The van der Waals surface area contributed by atoms with E-state index in [1.165, 1.54) is 11.1 Å². The van der Waals surface area contributed by atoms with Gasteiger partial charge in [-0.05, 0) is 22.6 Å². The number of rotatable bonds is 2. The molecule has 7 heteroatoms. The van der Waals surface area contributed by atoms with E-state index in [2.05, 4.69) is 4.98 Å². The van der Waals surface area contributed by atoms with Crippen molar-refractivity contribution in [1.82, 2.24) is 4.98 Å². The summed E-state index contributed by atoms with van der Waals surface area (Å²) in [5.74, 6) is -1.84. The van der Waals surface area contributed by atoms with Gasteiger partial charge in [0.1, 0.15) is 0 Å². The molecular weight excluding hydrogens is 358 g/mol. The number of carboxylic acid groups (broad SMARTS) is 1. The van der Waals surface area contributed by atoms with Gasteiger partial charge in [-0.25, -0.2) is 0 Å². The van der Waals surface area contributed by atoms with Gasteiger partial charge in [-0.1, -0.05) is 11.6 Å². The minimum absolute atomic E-state index is 0.0179. The monoisotopic (exact) mass is 366 g/mol. The predicted molar refractivity (Wildman–Crippen MR) is 70.1 cm³/mol. The summed E-state index contributed by atoms with van der Waals surface area (Å²) in [5, 5.41) is 9.27. The van der Waals surface area contributed by atoms with Gasteiger partial charge in [-0.2, -0.15) is 0 Å². The Hall–Kier alpha value is -0.890. The first kappa shape index (κ1) is 12.6. The van der Waals surface area contributed by atoms with E-state index in [1.807, 2.05) is 22.6 Å². The van der Waals surface area contributed by atoms with Gasteiger partial charge < -0.3 is 10.0 Å². The first-order valence-electron chi connectivity index (χ1n) is 4.83. The zero-order valence-electron chi connectivity index (χ0n) is 8.56. The average molecular weight is 367 g/mol. The molecule has 1 unspecified atom stereocenters. The smallest absolute Gasteiger partial charge is 0.308 e. The maximum absolute atomic E-state index is 11.8. The normalized spacial score (nSPS) is 19.8. The van der Waals surface area contributed by atoms with Crippen LogP contribution in [0.4, 0.5) is 5.69 Å². The average Bonchev–Trinajstić information content (AvgIpc) is 2.61. The van der Waals surface area contributed by atoms with Crippen LogP contribution in [0.25, 0.3) is 0 Å². The molecule has 2 rings (SSSR count). The number of hydrogen-bond donors (Lipinski definition) is 1. The summed E-state index contributed by atoms with van der Waals surface area (Å²) in [4.78, 5) is 28.0. The first-order valence-corrected chi connectivity index (χ1v) is 6.28. The van der Waals surface area contributed by atoms with E-state index in [1.54, 1.807) is 6.20 Å². The molecule has 1 aromatic rings. The van der Waals surface area contributed by atoms with E-state index in [0.29, 0.717) is 10.7 Å². The topological polar surface area (TPSA) is 70.5 Å². The zero-order valence-corrected chi connectivity index (χ0v) is 11.5. The van der Waals surface area contributed by atoms with E-state index in [9.17, 15) is 9.59 Å². The quantitative estimate of drug-likeness (QED) is 0.810. The lowest BCUT2D eigenvalue weighted by Crippen LogP contribution is -2.27. The number of carbonyl (C=O) groups is 2. The molecule has 5 nitrogen and oxygen atoms in total. The third-order valence-electron chi connectivity index (χ3n) is 2.57. The first-order chi connectivity index (χ1) is 8.00. The molecule has 0 bridgehead atoms. The van der Waals surface area contributed by atoms with Crippen LogP contribution in [0.5, 0.6) is 0 Å². The highest BCUT2D eigenvalue weighted by Crippen LogP contribution is 2.34. The van der Waals surface area contributed by atoms with Crippen LogP contribution in [0.3, 0.4) is 0 Å². The van der Waals surface area contributed by atoms with Crippen LogP contribution in [0.15, 0.2) is 12.4 Å². The largest absolute Gasteiger partial charge is 0.481 e. The fourth-order valence-electron chi connectivity index (χ4n) is 1.75. The van der Waals surface area contributed by atoms with Gasteiger partial charge in [0.05, 0.1) is 20.2 Å². The van der Waals surface area contributed by atoms with Crippen LogP contribution in [0, 0.1) is 9.49 Å². The third kappa shape index (κ3) is 2.37. The third-order valence-corrected chi connectivity index (χ3v) is 3.64. The Morgan fingerprint density at radius 1 is 1.59 bits per heavy atom. The van der Waals surface area contributed by atoms with Gasteiger partial charge >= 0.3 is 5.97 Å². The molecule has 1 saturated heterocycles. The summed E-state index contributed by atoms with van der Waals surface area (Å²) >= 11 is 8.02. The van der Waals surface area contributed by atoms with Crippen LogP contribution in [0.2, 0.25) is 5.02 Å². The van der Waals surface area contributed by atoms with Crippen molar-refractivity contribution in [1.29, 1.82) is 0 Å². The lowest BCUT2D eigenvalue weighted by atomic mass is 10.1. The van der Waals surface area contributed by atoms with Crippen molar-refractivity contribution in [2.24, 2.45) is 5.92 Å². The molecule has 1 aromatic heterocycles. The molecule has 0 radical (unpaired) electrons. The minimum Gasteiger partial charge on any atom is -0.481 e. The molecule has 1 amide bonds. The van der Waals surface area contributed by atoms with Crippen LogP contribution in [0.1, 0.15) is 6.42 Å². The summed E-state index contributed by atoms with van der Waals surface area (Å²) < 4.78 is 0.731. The summed E-state index contributed by atoms with van der Waals surface area (Å²) in [5.41, 5.74) is 0.552. The summed E-state index contributed by atoms with van der Waals surface area (Å²) in [6, 6.07) is 0. The summed E-state index contributed by atoms with van der Waals surface area (Å²) in [6.07, 6.45) is 3.05. The molecule has 0 spiro atoms. The predicted octanol–water partition coefficient (Wildman–Crippen LogP) is 1.78.